The van der Waals surface area contributed by atoms with Gasteiger partial charge in [0.25, 0.3) is 0 Å². The molecule has 1 heterocycles. The smallest absolute Gasteiger partial charge is 0.168 e. The average molecular weight is 289 g/mol. The van der Waals surface area contributed by atoms with Crippen molar-refractivity contribution >= 4 is 29.1 Å². The molecule has 0 amide bonds. The minimum Gasteiger partial charge on any atom is -0.294 e. The molecule has 0 aliphatic carbocycles. The van der Waals surface area contributed by atoms with E-state index < -0.39 is 0 Å². The molecule has 0 aromatic heterocycles. The number of thioether (sulfide) groups is 1. The fraction of sp³-hybridized carbons (Fsp3) is 0.188. The molecule has 2 aromatic carbocycles. The second-order valence-corrected chi connectivity index (χ2v) is 6.20. The molecule has 0 spiro atoms. The van der Waals surface area contributed by atoms with E-state index in [1.165, 1.54) is 5.56 Å². The van der Waals surface area contributed by atoms with Crippen molar-refractivity contribution in [1.82, 2.24) is 0 Å². The Balaban J connectivity index is 1.85. The third kappa shape index (κ3) is 2.70. The first-order chi connectivity index (χ1) is 9.24. The van der Waals surface area contributed by atoms with Gasteiger partial charge in [-0.2, -0.15) is 0 Å². The number of carbonyl (C=O) groups excluding carboxylic acids is 1. The maximum Gasteiger partial charge on any atom is 0.168 e. The summed E-state index contributed by atoms with van der Waals surface area (Å²) in [5.74, 6) is 1.13. The molecule has 0 saturated heterocycles. The van der Waals surface area contributed by atoms with Crippen molar-refractivity contribution in [3.63, 3.8) is 0 Å². The lowest BCUT2D eigenvalue weighted by molar-refractivity contribution is 0.0926. The fourth-order valence-electron chi connectivity index (χ4n) is 2.36. The lowest BCUT2D eigenvalue weighted by atomic mass is 9.92. The van der Waals surface area contributed by atoms with E-state index in [1.54, 1.807) is 17.8 Å². The topological polar surface area (TPSA) is 17.1 Å². The van der Waals surface area contributed by atoms with Gasteiger partial charge in [0, 0.05) is 27.2 Å². The number of fused-ring (bicyclic) bond motifs is 1. The van der Waals surface area contributed by atoms with E-state index in [0.29, 0.717) is 5.02 Å². The molecular weight excluding hydrogens is 276 g/mol. The predicted molar refractivity (Wildman–Crippen MR) is 80.1 cm³/mol. The lowest BCUT2D eigenvalue weighted by Gasteiger charge is -2.23. The minimum atomic E-state index is 0.0540. The van der Waals surface area contributed by atoms with Crippen LogP contribution >= 0.6 is 23.4 Å². The van der Waals surface area contributed by atoms with Gasteiger partial charge in [0.05, 0.1) is 0 Å². The number of carbonyl (C=O) groups is 1. The Bertz CT molecular complexity index is 609. The largest absolute Gasteiger partial charge is 0.294 e. The number of hydrogen-bond acceptors (Lipinski definition) is 2. The van der Waals surface area contributed by atoms with Crippen LogP contribution in [0.15, 0.2) is 53.4 Å². The fourth-order valence-corrected chi connectivity index (χ4v) is 3.66. The van der Waals surface area contributed by atoms with Crippen molar-refractivity contribution in [2.45, 2.75) is 11.3 Å². The zero-order valence-electron chi connectivity index (χ0n) is 10.3. The summed E-state index contributed by atoms with van der Waals surface area (Å²) < 4.78 is 0. The van der Waals surface area contributed by atoms with Crippen LogP contribution in [0.5, 0.6) is 0 Å². The van der Waals surface area contributed by atoms with Gasteiger partial charge in [0.1, 0.15) is 0 Å². The Hall–Kier alpha value is -1.25. The minimum absolute atomic E-state index is 0.0540. The first kappa shape index (κ1) is 12.8. The van der Waals surface area contributed by atoms with Crippen LogP contribution in [0.1, 0.15) is 15.9 Å². The van der Waals surface area contributed by atoms with E-state index in [-0.39, 0.29) is 11.7 Å². The zero-order valence-corrected chi connectivity index (χ0v) is 11.9. The third-order valence-corrected chi connectivity index (χ3v) is 4.81. The summed E-state index contributed by atoms with van der Waals surface area (Å²) in [7, 11) is 0. The van der Waals surface area contributed by atoms with Crippen molar-refractivity contribution in [3.05, 3.63) is 64.7 Å². The third-order valence-electron chi connectivity index (χ3n) is 3.34. The van der Waals surface area contributed by atoms with Gasteiger partial charge in [0.15, 0.2) is 5.78 Å². The van der Waals surface area contributed by atoms with E-state index >= 15 is 0 Å². The predicted octanol–water partition coefficient (Wildman–Crippen LogP) is 4.49. The van der Waals surface area contributed by atoms with E-state index in [2.05, 4.69) is 12.1 Å². The molecule has 0 saturated carbocycles. The molecule has 0 radical (unpaired) electrons. The molecule has 96 valence electrons. The Morgan fingerprint density at radius 1 is 1.16 bits per heavy atom. The van der Waals surface area contributed by atoms with Crippen molar-refractivity contribution in [2.24, 2.45) is 5.92 Å². The molecule has 2 aromatic rings. The van der Waals surface area contributed by atoms with Crippen LogP contribution in [0.3, 0.4) is 0 Å². The Morgan fingerprint density at radius 3 is 2.74 bits per heavy atom. The molecule has 19 heavy (non-hydrogen) atoms. The monoisotopic (exact) mass is 288 g/mol. The molecular formula is C16H13ClOS. The number of rotatable bonds is 2. The SMILES string of the molecule is O=C1c2cc(Cl)ccc2SCC1Cc1ccccc1. The average Bonchev–Trinajstić information content (AvgIpc) is 2.44. The highest BCUT2D eigenvalue weighted by Gasteiger charge is 2.28. The summed E-state index contributed by atoms with van der Waals surface area (Å²) in [6, 6.07) is 15.8. The van der Waals surface area contributed by atoms with Crippen LogP contribution in [-0.4, -0.2) is 11.5 Å². The summed E-state index contributed by atoms with van der Waals surface area (Å²) in [6.45, 7) is 0. The van der Waals surface area contributed by atoms with Crippen LogP contribution in [-0.2, 0) is 6.42 Å². The van der Waals surface area contributed by atoms with Gasteiger partial charge in [-0.05, 0) is 30.2 Å². The summed E-state index contributed by atoms with van der Waals surface area (Å²) in [4.78, 5) is 13.6. The highest BCUT2D eigenvalue weighted by atomic mass is 35.5. The van der Waals surface area contributed by atoms with E-state index in [4.69, 9.17) is 11.6 Å². The van der Waals surface area contributed by atoms with Gasteiger partial charge in [-0.15, -0.1) is 11.8 Å². The van der Waals surface area contributed by atoms with Gasteiger partial charge in [-0.1, -0.05) is 41.9 Å². The summed E-state index contributed by atoms with van der Waals surface area (Å²) in [5, 5.41) is 0.632. The highest BCUT2D eigenvalue weighted by Crippen LogP contribution is 2.35. The standard InChI is InChI=1S/C16H13ClOS/c17-13-6-7-15-14(9-13)16(18)12(10-19-15)8-11-4-2-1-3-5-11/h1-7,9,12H,8,10H2. The van der Waals surface area contributed by atoms with E-state index in [1.807, 2.05) is 30.3 Å². The molecule has 0 bridgehead atoms. The van der Waals surface area contributed by atoms with Crippen molar-refractivity contribution < 1.29 is 4.79 Å². The van der Waals surface area contributed by atoms with Crippen LogP contribution in [0, 0.1) is 5.92 Å². The first-order valence-corrected chi connectivity index (χ1v) is 7.61. The van der Waals surface area contributed by atoms with Crippen molar-refractivity contribution in [1.29, 1.82) is 0 Å². The summed E-state index contributed by atoms with van der Waals surface area (Å²) >= 11 is 7.74. The number of Topliss-reactive ketones (excluding diaryl/α,β-unsaturated/α-hetero) is 1. The maximum atomic E-state index is 12.5. The maximum absolute atomic E-state index is 12.5. The molecule has 0 fully saturated rings. The lowest BCUT2D eigenvalue weighted by Crippen LogP contribution is -2.24. The second-order valence-electron chi connectivity index (χ2n) is 4.70. The van der Waals surface area contributed by atoms with Gasteiger partial charge in [0.2, 0.25) is 0 Å². The number of benzene rings is 2. The first-order valence-electron chi connectivity index (χ1n) is 6.24. The van der Waals surface area contributed by atoms with Gasteiger partial charge < -0.3 is 0 Å². The molecule has 1 atom stereocenters. The Kier molecular flexibility index (Phi) is 3.63. The van der Waals surface area contributed by atoms with Crippen LogP contribution in [0.25, 0.3) is 0 Å². The number of halogens is 1. The second kappa shape index (κ2) is 5.40. The Morgan fingerprint density at radius 2 is 1.95 bits per heavy atom. The van der Waals surface area contributed by atoms with Crippen LogP contribution < -0.4 is 0 Å². The van der Waals surface area contributed by atoms with Gasteiger partial charge in [-0.3, -0.25) is 4.79 Å². The van der Waals surface area contributed by atoms with Gasteiger partial charge >= 0.3 is 0 Å². The van der Waals surface area contributed by atoms with Gasteiger partial charge in [-0.25, -0.2) is 0 Å². The normalized spacial score (nSPS) is 18.2. The molecule has 1 aliphatic heterocycles. The quantitative estimate of drug-likeness (QED) is 0.810. The van der Waals surface area contributed by atoms with Crippen LogP contribution in [0.4, 0.5) is 0 Å². The molecule has 3 rings (SSSR count). The molecule has 0 N–H and O–H groups in total. The Labute approximate surface area is 122 Å². The zero-order chi connectivity index (χ0) is 13.2. The highest BCUT2D eigenvalue weighted by molar-refractivity contribution is 7.99. The molecule has 1 nitrogen and oxygen atoms in total. The van der Waals surface area contributed by atoms with Crippen molar-refractivity contribution in [2.75, 3.05) is 5.75 Å². The number of hydrogen-bond donors (Lipinski definition) is 0. The summed E-state index contributed by atoms with van der Waals surface area (Å²) in [6.07, 6.45) is 0.804. The molecule has 1 unspecified atom stereocenters. The van der Waals surface area contributed by atoms with E-state index in [0.717, 1.165) is 22.6 Å². The van der Waals surface area contributed by atoms with Crippen LogP contribution in [0.2, 0.25) is 5.02 Å². The molecule has 1 aliphatic rings. The summed E-state index contributed by atoms with van der Waals surface area (Å²) in [5.41, 5.74) is 2.00. The van der Waals surface area contributed by atoms with E-state index in [9.17, 15) is 4.79 Å². The molecule has 3 heteroatoms. The van der Waals surface area contributed by atoms with Crippen molar-refractivity contribution in [3.8, 4) is 0 Å². The number of ketones is 1.